The fourth-order valence-electron chi connectivity index (χ4n) is 2.00. The van der Waals surface area contributed by atoms with E-state index in [0.717, 1.165) is 12.1 Å². The highest BCUT2D eigenvalue weighted by atomic mass is 19.4. The van der Waals surface area contributed by atoms with E-state index < -0.39 is 35.3 Å². The van der Waals surface area contributed by atoms with Gasteiger partial charge in [0.25, 0.3) is 5.91 Å². The summed E-state index contributed by atoms with van der Waals surface area (Å²) in [4.78, 5) is 22.9. The van der Waals surface area contributed by atoms with Gasteiger partial charge in [-0.15, -0.1) is 0 Å². The van der Waals surface area contributed by atoms with Gasteiger partial charge in [-0.25, -0.2) is 4.79 Å². The molecule has 1 fully saturated rings. The maximum Gasteiger partial charge on any atom is 0.416 e. The smallest absolute Gasteiger partial charge is 0.416 e. The Morgan fingerprint density at radius 1 is 1.33 bits per heavy atom. The molecule has 5 nitrogen and oxygen atoms in total. The summed E-state index contributed by atoms with van der Waals surface area (Å²) in [6, 6.07) is 2.14. The molecule has 0 unspecified atom stereocenters. The summed E-state index contributed by atoms with van der Waals surface area (Å²) in [5.41, 5.74) is -1.89. The second-order valence-electron chi connectivity index (χ2n) is 4.55. The highest BCUT2D eigenvalue weighted by Gasteiger charge is 2.32. The summed E-state index contributed by atoms with van der Waals surface area (Å²) in [5, 5.41) is 11.3. The first-order chi connectivity index (χ1) is 9.79. The van der Waals surface area contributed by atoms with E-state index in [1.54, 1.807) is 0 Å². The third kappa shape index (κ3) is 3.52. The minimum Gasteiger partial charge on any atom is -0.478 e. The number of aromatic carboxylic acids is 1. The van der Waals surface area contributed by atoms with E-state index in [1.807, 2.05) is 0 Å². The maximum absolute atomic E-state index is 12.6. The minimum absolute atomic E-state index is 0.184. The molecule has 114 valence electrons. The summed E-state index contributed by atoms with van der Waals surface area (Å²) in [7, 11) is 0. The Morgan fingerprint density at radius 3 is 2.57 bits per heavy atom. The molecule has 0 aromatic heterocycles. The molecule has 1 aromatic rings. The molecule has 1 heterocycles. The van der Waals surface area contributed by atoms with Crippen LogP contribution in [-0.2, 0) is 15.7 Å². The number of carboxylic acids is 1. The minimum atomic E-state index is -4.65. The summed E-state index contributed by atoms with van der Waals surface area (Å²) < 4.78 is 42.8. The molecule has 8 heteroatoms. The molecule has 1 atom stereocenters. The maximum atomic E-state index is 12.6. The molecular weight excluding hydrogens is 291 g/mol. The van der Waals surface area contributed by atoms with Crippen molar-refractivity contribution in [1.29, 1.82) is 0 Å². The fraction of sp³-hybridized carbons (Fsp3) is 0.385. The molecule has 0 spiro atoms. The predicted molar refractivity (Wildman–Crippen MR) is 66.0 cm³/mol. The molecule has 1 aliphatic heterocycles. The van der Waals surface area contributed by atoms with Crippen molar-refractivity contribution < 1.29 is 32.6 Å². The van der Waals surface area contributed by atoms with Crippen molar-refractivity contribution in [3.05, 3.63) is 29.3 Å². The van der Waals surface area contributed by atoms with Gasteiger partial charge in [0.1, 0.15) is 6.10 Å². The normalized spacial score (nSPS) is 18.5. The van der Waals surface area contributed by atoms with Gasteiger partial charge in [-0.2, -0.15) is 13.2 Å². The first-order valence-electron chi connectivity index (χ1n) is 6.16. The number of alkyl halides is 3. The summed E-state index contributed by atoms with van der Waals surface area (Å²) in [5.74, 6) is -2.11. The van der Waals surface area contributed by atoms with Crippen LogP contribution in [0.2, 0.25) is 0 Å². The third-order valence-corrected chi connectivity index (χ3v) is 3.06. The molecule has 2 N–H and O–H groups in total. The first-order valence-corrected chi connectivity index (χ1v) is 6.16. The zero-order valence-electron chi connectivity index (χ0n) is 10.7. The number of nitrogens with one attached hydrogen (secondary N) is 1. The van der Waals surface area contributed by atoms with Gasteiger partial charge in [-0.05, 0) is 31.0 Å². The SMILES string of the molecule is O=C(O)c1cc(C(F)(F)F)ccc1NC(=O)[C@H]1CCCO1. The van der Waals surface area contributed by atoms with Crippen molar-refractivity contribution in [2.75, 3.05) is 11.9 Å². The molecule has 1 aromatic carbocycles. The lowest BCUT2D eigenvalue weighted by Gasteiger charge is -2.14. The Hall–Kier alpha value is -2.09. The molecule has 2 rings (SSSR count). The lowest BCUT2D eigenvalue weighted by molar-refractivity contribution is -0.137. The average molecular weight is 303 g/mol. The summed E-state index contributed by atoms with van der Waals surface area (Å²) in [6.07, 6.45) is -4.15. The Bertz CT molecular complexity index is 565. The second kappa shape index (κ2) is 5.72. The molecule has 1 aliphatic rings. The highest BCUT2D eigenvalue weighted by molar-refractivity contribution is 6.02. The van der Waals surface area contributed by atoms with Crippen LogP contribution < -0.4 is 5.32 Å². The largest absolute Gasteiger partial charge is 0.478 e. The van der Waals surface area contributed by atoms with Crippen LogP contribution >= 0.6 is 0 Å². The Labute approximate surface area is 117 Å². The standard InChI is InChI=1S/C13H12F3NO4/c14-13(15,16)7-3-4-9(8(6-7)12(19)20)17-11(18)10-2-1-5-21-10/h3-4,6,10H,1-2,5H2,(H,17,18)(H,19,20)/t10-/m1/s1. The highest BCUT2D eigenvalue weighted by Crippen LogP contribution is 2.32. The first kappa shape index (κ1) is 15.3. The Kier molecular flexibility index (Phi) is 4.17. The Balaban J connectivity index is 2.26. The topological polar surface area (TPSA) is 75.6 Å². The number of carboxylic acid groups (broad SMARTS) is 1. The fourth-order valence-corrected chi connectivity index (χ4v) is 2.00. The van der Waals surface area contributed by atoms with Crippen molar-refractivity contribution in [2.45, 2.75) is 25.1 Å². The van der Waals surface area contributed by atoms with E-state index >= 15 is 0 Å². The third-order valence-electron chi connectivity index (χ3n) is 3.06. The molecule has 1 saturated heterocycles. The van der Waals surface area contributed by atoms with Crippen molar-refractivity contribution in [3.63, 3.8) is 0 Å². The van der Waals surface area contributed by atoms with Crippen molar-refractivity contribution in [1.82, 2.24) is 0 Å². The van der Waals surface area contributed by atoms with Gasteiger partial charge in [-0.1, -0.05) is 0 Å². The number of amides is 1. The van der Waals surface area contributed by atoms with Crippen LogP contribution in [0.4, 0.5) is 18.9 Å². The Morgan fingerprint density at radius 2 is 2.05 bits per heavy atom. The number of carbonyl (C=O) groups is 2. The van der Waals surface area contributed by atoms with Gasteiger partial charge in [-0.3, -0.25) is 4.79 Å². The molecule has 0 radical (unpaired) electrons. The molecule has 0 bridgehead atoms. The van der Waals surface area contributed by atoms with Gasteiger partial charge in [0.15, 0.2) is 0 Å². The average Bonchev–Trinajstić information content (AvgIpc) is 2.91. The van der Waals surface area contributed by atoms with Crippen molar-refractivity contribution >= 4 is 17.6 Å². The number of anilines is 1. The lowest BCUT2D eigenvalue weighted by Crippen LogP contribution is -2.27. The number of rotatable bonds is 3. The summed E-state index contributed by atoms with van der Waals surface area (Å²) >= 11 is 0. The van der Waals surface area contributed by atoms with Crippen LogP contribution in [0.15, 0.2) is 18.2 Å². The predicted octanol–water partition coefficient (Wildman–Crippen LogP) is 2.52. The van der Waals surface area contributed by atoms with E-state index in [2.05, 4.69) is 5.32 Å². The van der Waals surface area contributed by atoms with Crippen LogP contribution in [0, 0.1) is 0 Å². The number of benzene rings is 1. The molecular formula is C13H12F3NO4. The molecule has 21 heavy (non-hydrogen) atoms. The van der Waals surface area contributed by atoms with Gasteiger partial charge < -0.3 is 15.2 Å². The lowest BCUT2D eigenvalue weighted by atomic mass is 10.1. The van der Waals surface area contributed by atoms with Crippen molar-refractivity contribution in [2.24, 2.45) is 0 Å². The van der Waals surface area contributed by atoms with E-state index in [-0.39, 0.29) is 5.69 Å². The quantitative estimate of drug-likeness (QED) is 0.899. The van der Waals surface area contributed by atoms with Crippen molar-refractivity contribution in [3.8, 4) is 0 Å². The number of hydrogen-bond acceptors (Lipinski definition) is 3. The number of carbonyl (C=O) groups excluding carboxylic acids is 1. The summed E-state index contributed by atoms with van der Waals surface area (Å²) in [6.45, 7) is 0.427. The van der Waals surface area contributed by atoms with E-state index in [1.165, 1.54) is 0 Å². The molecule has 1 amide bonds. The van der Waals surface area contributed by atoms with Crippen LogP contribution in [0.25, 0.3) is 0 Å². The zero-order chi connectivity index (χ0) is 15.6. The number of ether oxygens (including phenoxy) is 1. The van der Waals surface area contributed by atoms with Crippen LogP contribution in [-0.4, -0.2) is 29.7 Å². The van der Waals surface area contributed by atoms with Crippen LogP contribution in [0.1, 0.15) is 28.8 Å². The van der Waals surface area contributed by atoms with Gasteiger partial charge in [0, 0.05) is 6.61 Å². The van der Waals surface area contributed by atoms with Gasteiger partial charge >= 0.3 is 12.1 Å². The van der Waals surface area contributed by atoms with E-state index in [0.29, 0.717) is 25.5 Å². The van der Waals surface area contributed by atoms with Crippen LogP contribution in [0.3, 0.4) is 0 Å². The zero-order valence-corrected chi connectivity index (χ0v) is 10.7. The number of halogens is 3. The number of hydrogen-bond donors (Lipinski definition) is 2. The van der Waals surface area contributed by atoms with E-state index in [9.17, 15) is 22.8 Å². The second-order valence-corrected chi connectivity index (χ2v) is 4.55. The van der Waals surface area contributed by atoms with Gasteiger partial charge in [0.05, 0.1) is 16.8 Å². The molecule has 0 aliphatic carbocycles. The van der Waals surface area contributed by atoms with Gasteiger partial charge in [0.2, 0.25) is 0 Å². The monoisotopic (exact) mass is 303 g/mol. The van der Waals surface area contributed by atoms with E-state index in [4.69, 9.17) is 9.84 Å². The van der Waals surface area contributed by atoms with Crippen LogP contribution in [0.5, 0.6) is 0 Å². The molecule has 0 saturated carbocycles.